The lowest BCUT2D eigenvalue weighted by Crippen LogP contribution is -2.45. The quantitative estimate of drug-likeness (QED) is 0.503. The molecular weight excluding hydrogens is 463 g/mol. The third-order valence-corrected chi connectivity index (χ3v) is 7.61. The van der Waals surface area contributed by atoms with Crippen LogP contribution in [0.3, 0.4) is 0 Å². The minimum atomic E-state index is -3.82. The zero-order chi connectivity index (χ0) is 24.3. The lowest BCUT2D eigenvalue weighted by Gasteiger charge is -2.33. The van der Waals surface area contributed by atoms with Crippen molar-refractivity contribution < 1.29 is 26.9 Å². The zero-order valence-electron chi connectivity index (χ0n) is 18.8. The van der Waals surface area contributed by atoms with Gasteiger partial charge in [-0.25, -0.2) is 12.8 Å². The summed E-state index contributed by atoms with van der Waals surface area (Å²) in [7, 11) is -0.634. The average Bonchev–Trinajstić information content (AvgIpc) is 3.32. The Kier molecular flexibility index (Phi) is 6.94. The maximum absolute atomic E-state index is 13.2. The fourth-order valence-electron chi connectivity index (χ4n) is 3.91. The molecule has 34 heavy (non-hydrogen) atoms. The second kappa shape index (κ2) is 9.90. The van der Waals surface area contributed by atoms with Crippen LogP contribution in [0.5, 0.6) is 5.75 Å². The molecule has 1 aliphatic rings. The molecule has 4 rings (SSSR count). The van der Waals surface area contributed by atoms with Gasteiger partial charge in [-0.1, -0.05) is 17.3 Å². The van der Waals surface area contributed by atoms with Gasteiger partial charge in [-0.15, -0.1) is 0 Å². The van der Waals surface area contributed by atoms with E-state index < -0.39 is 21.8 Å². The molecule has 0 radical (unpaired) electrons. The molecule has 1 atom stereocenters. The third kappa shape index (κ3) is 5.10. The normalized spacial score (nSPS) is 16.9. The van der Waals surface area contributed by atoms with Crippen LogP contribution in [0.1, 0.15) is 18.7 Å². The number of piperidine rings is 1. The van der Waals surface area contributed by atoms with Crippen molar-refractivity contribution in [3.8, 4) is 17.1 Å². The van der Waals surface area contributed by atoms with Gasteiger partial charge >= 0.3 is 0 Å². The van der Waals surface area contributed by atoms with Gasteiger partial charge in [-0.3, -0.25) is 4.79 Å². The first kappa shape index (κ1) is 23.8. The summed E-state index contributed by atoms with van der Waals surface area (Å²) in [6.45, 7) is 0.458. The lowest BCUT2D eigenvalue weighted by atomic mass is 9.98. The van der Waals surface area contributed by atoms with E-state index in [1.165, 1.54) is 21.3 Å². The van der Waals surface area contributed by atoms with Crippen LogP contribution in [0, 0.1) is 11.7 Å². The van der Waals surface area contributed by atoms with E-state index in [0.717, 1.165) is 17.7 Å². The molecule has 1 fully saturated rings. The highest BCUT2D eigenvalue weighted by atomic mass is 32.2. The number of aromatic nitrogens is 2. The predicted molar refractivity (Wildman–Crippen MR) is 121 cm³/mol. The van der Waals surface area contributed by atoms with Gasteiger partial charge in [0.25, 0.3) is 0 Å². The minimum absolute atomic E-state index is 0.00582. The molecule has 0 N–H and O–H groups in total. The van der Waals surface area contributed by atoms with Crippen molar-refractivity contribution in [2.45, 2.75) is 24.3 Å². The summed E-state index contributed by atoms with van der Waals surface area (Å²) in [6, 6.07) is 11.9. The van der Waals surface area contributed by atoms with Gasteiger partial charge < -0.3 is 14.2 Å². The van der Waals surface area contributed by atoms with Crippen molar-refractivity contribution >= 4 is 15.9 Å². The fraction of sp³-hybridized carbons (Fsp3) is 0.348. The summed E-state index contributed by atoms with van der Waals surface area (Å²) in [5, 5.41) is 3.98. The van der Waals surface area contributed by atoms with E-state index in [-0.39, 0.29) is 29.8 Å². The number of hydrogen-bond acceptors (Lipinski definition) is 7. The number of hydrogen-bond donors (Lipinski definition) is 0. The number of carbonyl (C=O) groups excluding carboxylic acids is 1. The van der Waals surface area contributed by atoms with Crippen LogP contribution in [0.2, 0.25) is 0 Å². The number of rotatable bonds is 7. The number of methoxy groups -OCH3 is 1. The number of ether oxygens (including phenoxy) is 1. The molecule has 2 aromatic carbocycles. The van der Waals surface area contributed by atoms with Crippen molar-refractivity contribution in [2.75, 3.05) is 27.2 Å². The summed E-state index contributed by atoms with van der Waals surface area (Å²) < 4.78 is 50.9. The second-order valence-electron chi connectivity index (χ2n) is 8.09. The van der Waals surface area contributed by atoms with Gasteiger partial charge in [-0.05, 0) is 49.2 Å². The molecule has 9 nitrogen and oxygen atoms in total. The number of halogens is 1. The highest BCUT2D eigenvalue weighted by Crippen LogP contribution is 2.26. The van der Waals surface area contributed by atoms with Gasteiger partial charge in [0.15, 0.2) is 0 Å². The monoisotopic (exact) mass is 488 g/mol. The molecule has 1 saturated heterocycles. The van der Waals surface area contributed by atoms with Crippen molar-refractivity contribution in [3.63, 3.8) is 0 Å². The maximum atomic E-state index is 13.2. The molecule has 2 heterocycles. The Morgan fingerprint density at radius 3 is 2.76 bits per heavy atom. The Labute approximate surface area is 197 Å². The Bertz CT molecular complexity index is 1260. The third-order valence-electron chi connectivity index (χ3n) is 5.73. The fourth-order valence-corrected chi connectivity index (χ4v) is 5.43. The van der Waals surface area contributed by atoms with Crippen LogP contribution < -0.4 is 4.74 Å². The number of amides is 1. The number of benzene rings is 2. The van der Waals surface area contributed by atoms with Gasteiger partial charge in [0.2, 0.25) is 27.6 Å². The number of sulfonamides is 1. The average molecular weight is 489 g/mol. The van der Waals surface area contributed by atoms with Gasteiger partial charge in [-0.2, -0.15) is 9.29 Å². The second-order valence-corrected chi connectivity index (χ2v) is 10.0. The summed E-state index contributed by atoms with van der Waals surface area (Å²) in [5.41, 5.74) is 0.720. The molecule has 11 heteroatoms. The first-order valence-electron chi connectivity index (χ1n) is 10.8. The number of nitrogens with zero attached hydrogens (tertiary/aromatic N) is 4. The molecule has 0 unspecified atom stereocenters. The highest BCUT2D eigenvalue weighted by molar-refractivity contribution is 7.89. The summed E-state index contributed by atoms with van der Waals surface area (Å²) >= 11 is 0. The van der Waals surface area contributed by atoms with Crippen LogP contribution >= 0.6 is 0 Å². The molecule has 0 spiro atoms. The van der Waals surface area contributed by atoms with Crippen molar-refractivity contribution in [2.24, 2.45) is 5.92 Å². The minimum Gasteiger partial charge on any atom is -0.497 e. The Hall–Kier alpha value is -3.31. The van der Waals surface area contributed by atoms with Crippen molar-refractivity contribution in [3.05, 3.63) is 60.2 Å². The molecule has 3 aromatic rings. The first-order chi connectivity index (χ1) is 16.3. The van der Waals surface area contributed by atoms with Crippen LogP contribution in [0.4, 0.5) is 4.39 Å². The molecule has 0 aliphatic carbocycles. The van der Waals surface area contributed by atoms with Crippen LogP contribution in [-0.2, 0) is 21.4 Å². The summed E-state index contributed by atoms with van der Waals surface area (Å²) in [5.74, 6) is 0.0792. The topological polar surface area (TPSA) is 106 Å². The van der Waals surface area contributed by atoms with E-state index in [1.54, 1.807) is 26.3 Å². The zero-order valence-corrected chi connectivity index (χ0v) is 19.7. The first-order valence-corrected chi connectivity index (χ1v) is 12.2. The van der Waals surface area contributed by atoms with Gasteiger partial charge in [0, 0.05) is 25.7 Å². The van der Waals surface area contributed by atoms with Crippen molar-refractivity contribution in [1.82, 2.24) is 19.3 Å². The molecule has 1 amide bonds. The largest absolute Gasteiger partial charge is 0.497 e. The maximum Gasteiger partial charge on any atom is 0.246 e. The Morgan fingerprint density at radius 2 is 2.03 bits per heavy atom. The van der Waals surface area contributed by atoms with Gasteiger partial charge in [0.05, 0.1) is 24.5 Å². The van der Waals surface area contributed by atoms with Crippen LogP contribution in [-0.4, -0.2) is 60.9 Å². The van der Waals surface area contributed by atoms with E-state index in [2.05, 4.69) is 10.1 Å². The van der Waals surface area contributed by atoms with Crippen molar-refractivity contribution in [1.29, 1.82) is 0 Å². The Balaban J connectivity index is 1.41. The SMILES string of the molecule is COc1cccc(-c2noc(CN(C)C(=O)[C@@H]3CCCN(S(=O)(=O)c4ccc(F)cc4)C3)n2)c1. The standard InChI is InChI=1S/C23H25FN4O5S/c1-27(15-21-25-22(26-33-21)16-5-3-7-19(13-16)32-2)23(29)17-6-4-12-28(14-17)34(30,31)20-10-8-18(24)9-11-20/h3,5,7-11,13,17H,4,6,12,14-15H2,1-2H3/t17-/m1/s1. The molecule has 1 aromatic heterocycles. The number of carbonyl (C=O) groups is 1. The molecule has 0 saturated carbocycles. The van der Waals surface area contributed by atoms with E-state index in [9.17, 15) is 17.6 Å². The Morgan fingerprint density at radius 1 is 1.26 bits per heavy atom. The molecule has 0 bridgehead atoms. The molecule has 1 aliphatic heterocycles. The lowest BCUT2D eigenvalue weighted by molar-refractivity contribution is -0.136. The van der Waals surface area contributed by atoms with E-state index in [4.69, 9.17) is 9.26 Å². The molecule has 180 valence electrons. The summed E-state index contributed by atoms with van der Waals surface area (Å²) in [6.07, 6.45) is 1.11. The smallest absolute Gasteiger partial charge is 0.246 e. The molecular formula is C23H25FN4O5S. The van der Waals surface area contributed by atoms with E-state index in [0.29, 0.717) is 31.0 Å². The van der Waals surface area contributed by atoms with E-state index >= 15 is 0 Å². The van der Waals surface area contributed by atoms with E-state index in [1.807, 2.05) is 12.1 Å². The van der Waals surface area contributed by atoms with Crippen LogP contribution in [0.25, 0.3) is 11.4 Å². The van der Waals surface area contributed by atoms with Gasteiger partial charge in [0.1, 0.15) is 11.6 Å². The highest BCUT2D eigenvalue weighted by Gasteiger charge is 2.34. The summed E-state index contributed by atoms with van der Waals surface area (Å²) in [4.78, 5) is 18.9. The van der Waals surface area contributed by atoms with Crippen LogP contribution in [0.15, 0.2) is 57.9 Å². The predicted octanol–water partition coefficient (Wildman–Crippen LogP) is 2.94.